The summed E-state index contributed by atoms with van der Waals surface area (Å²) in [5.41, 5.74) is 6.52. The minimum absolute atomic E-state index is 0.470. The zero-order valence-electron chi connectivity index (χ0n) is 8.24. The molecule has 14 heavy (non-hydrogen) atoms. The van der Waals surface area contributed by atoms with Gasteiger partial charge < -0.3 is 10.5 Å². The molecular weight excluding hydrogens is 196 g/mol. The van der Waals surface area contributed by atoms with Crippen molar-refractivity contribution in [1.29, 1.82) is 0 Å². The Morgan fingerprint density at radius 3 is 2.93 bits per heavy atom. The molecule has 1 aliphatic rings. The molecule has 1 aromatic rings. The summed E-state index contributed by atoms with van der Waals surface area (Å²) in [6.07, 6.45) is 5.53. The minimum atomic E-state index is 0.470. The lowest BCUT2D eigenvalue weighted by Gasteiger charge is -2.08. The third-order valence-electron chi connectivity index (χ3n) is 2.54. The Kier molecular flexibility index (Phi) is 3.50. The monoisotopic (exact) mass is 212 g/mol. The average Bonchev–Trinajstić information content (AvgIpc) is 2.86. The van der Waals surface area contributed by atoms with E-state index in [1.807, 2.05) is 5.38 Å². The average molecular weight is 212 g/mol. The van der Waals surface area contributed by atoms with Crippen LogP contribution >= 0.6 is 11.3 Å². The predicted molar refractivity (Wildman–Crippen MR) is 57.1 cm³/mol. The SMILES string of the molecule is NCc1nc(COC2CCCC2)cs1. The smallest absolute Gasteiger partial charge is 0.107 e. The van der Waals surface area contributed by atoms with E-state index >= 15 is 0 Å². The summed E-state index contributed by atoms with van der Waals surface area (Å²) in [6, 6.07) is 0. The standard InChI is InChI=1S/C10H16N2OS/c11-5-10-12-8(7-14-10)6-13-9-3-1-2-4-9/h7,9H,1-6,11H2. The van der Waals surface area contributed by atoms with Gasteiger partial charge in [-0.1, -0.05) is 12.8 Å². The molecule has 1 aliphatic carbocycles. The van der Waals surface area contributed by atoms with E-state index in [-0.39, 0.29) is 0 Å². The fourth-order valence-corrected chi connectivity index (χ4v) is 2.43. The highest BCUT2D eigenvalue weighted by Crippen LogP contribution is 2.22. The van der Waals surface area contributed by atoms with Gasteiger partial charge in [-0.15, -0.1) is 11.3 Å². The van der Waals surface area contributed by atoms with Crippen LogP contribution in [0.4, 0.5) is 0 Å². The largest absolute Gasteiger partial charge is 0.372 e. The molecule has 3 nitrogen and oxygen atoms in total. The maximum Gasteiger partial charge on any atom is 0.107 e. The molecule has 4 heteroatoms. The van der Waals surface area contributed by atoms with Crippen molar-refractivity contribution in [2.24, 2.45) is 5.73 Å². The van der Waals surface area contributed by atoms with E-state index < -0.39 is 0 Å². The second-order valence-corrected chi connectivity index (χ2v) is 4.60. The van der Waals surface area contributed by atoms with Crippen LogP contribution in [0.2, 0.25) is 0 Å². The van der Waals surface area contributed by atoms with E-state index in [1.165, 1.54) is 25.7 Å². The lowest BCUT2D eigenvalue weighted by atomic mass is 10.3. The fourth-order valence-electron chi connectivity index (χ4n) is 1.77. The molecule has 78 valence electrons. The minimum Gasteiger partial charge on any atom is -0.372 e. The van der Waals surface area contributed by atoms with E-state index in [2.05, 4.69) is 4.98 Å². The lowest BCUT2D eigenvalue weighted by molar-refractivity contribution is 0.0440. The molecule has 0 atom stereocenters. The molecule has 0 radical (unpaired) electrons. The second kappa shape index (κ2) is 4.87. The Labute approximate surface area is 88.3 Å². The van der Waals surface area contributed by atoms with Crippen LogP contribution in [0.15, 0.2) is 5.38 Å². The Morgan fingerprint density at radius 2 is 2.29 bits per heavy atom. The maximum atomic E-state index is 5.75. The molecule has 1 saturated carbocycles. The van der Waals surface area contributed by atoms with Crippen molar-refractivity contribution in [1.82, 2.24) is 4.98 Å². The van der Waals surface area contributed by atoms with Crippen molar-refractivity contribution < 1.29 is 4.74 Å². The highest BCUT2D eigenvalue weighted by molar-refractivity contribution is 7.09. The van der Waals surface area contributed by atoms with E-state index in [4.69, 9.17) is 10.5 Å². The quantitative estimate of drug-likeness (QED) is 0.831. The van der Waals surface area contributed by atoms with Crippen LogP contribution in [0.5, 0.6) is 0 Å². The van der Waals surface area contributed by atoms with Crippen LogP contribution in [-0.4, -0.2) is 11.1 Å². The van der Waals surface area contributed by atoms with Gasteiger partial charge in [-0.2, -0.15) is 0 Å². The van der Waals surface area contributed by atoms with Crippen molar-refractivity contribution in [2.75, 3.05) is 0 Å². The van der Waals surface area contributed by atoms with Crippen molar-refractivity contribution in [3.05, 3.63) is 16.1 Å². The van der Waals surface area contributed by atoms with Gasteiger partial charge in [-0.25, -0.2) is 4.98 Å². The van der Waals surface area contributed by atoms with Crippen LogP contribution in [0.3, 0.4) is 0 Å². The molecular formula is C10H16N2OS. The topological polar surface area (TPSA) is 48.1 Å². The van der Waals surface area contributed by atoms with Gasteiger partial charge in [-0.05, 0) is 12.8 Å². The molecule has 2 rings (SSSR count). The van der Waals surface area contributed by atoms with Gasteiger partial charge >= 0.3 is 0 Å². The number of aromatic nitrogens is 1. The zero-order chi connectivity index (χ0) is 9.80. The first-order valence-corrected chi connectivity index (χ1v) is 6.01. The highest BCUT2D eigenvalue weighted by atomic mass is 32.1. The fraction of sp³-hybridized carbons (Fsp3) is 0.700. The zero-order valence-corrected chi connectivity index (χ0v) is 9.05. The van der Waals surface area contributed by atoms with Crippen LogP contribution < -0.4 is 5.73 Å². The summed E-state index contributed by atoms with van der Waals surface area (Å²) in [7, 11) is 0. The Morgan fingerprint density at radius 1 is 1.50 bits per heavy atom. The Hall–Kier alpha value is -0.450. The number of thiazole rings is 1. The third kappa shape index (κ3) is 2.53. The number of ether oxygens (including phenoxy) is 1. The predicted octanol–water partition coefficient (Wildman–Crippen LogP) is 2.06. The van der Waals surface area contributed by atoms with Gasteiger partial charge in [0.15, 0.2) is 0 Å². The maximum absolute atomic E-state index is 5.75. The first kappa shape index (κ1) is 10.1. The molecule has 0 saturated heterocycles. The van der Waals surface area contributed by atoms with Crippen molar-refractivity contribution >= 4 is 11.3 Å². The Balaban J connectivity index is 1.79. The number of hydrogen-bond acceptors (Lipinski definition) is 4. The van der Waals surface area contributed by atoms with E-state index in [9.17, 15) is 0 Å². The van der Waals surface area contributed by atoms with Crippen molar-refractivity contribution in [2.45, 2.75) is 44.9 Å². The number of rotatable bonds is 4. The summed E-state index contributed by atoms with van der Waals surface area (Å²) in [6.45, 7) is 1.19. The normalized spacial score (nSPS) is 17.8. The van der Waals surface area contributed by atoms with Gasteiger partial charge in [0.25, 0.3) is 0 Å². The van der Waals surface area contributed by atoms with Crippen LogP contribution in [0, 0.1) is 0 Å². The van der Waals surface area contributed by atoms with Crippen LogP contribution in [-0.2, 0) is 17.9 Å². The molecule has 0 spiro atoms. The van der Waals surface area contributed by atoms with Gasteiger partial charge in [0.1, 0.15) is 5.01 Å². The number of nitrogens with zero attached hydrogens (tertiary/aromatic N) is 1. The lowest BCUT2D eigenvalue weighted by Crippen LogP contribution is -2.07. The molecule has 0 amide bonds. The van der Waals surface area contributed by atoms with E-state index in [0.717, 1.165) is 10.7 Å². The first-order valence-electron chi connectivity index (χ1n) is 5.13. The van der Waals surface area contributed by atoms with Gasteiger partial charge in [0.05, 0.1) is 18.4 Å². The van der Waals surface area contributed by atoms with E-state index in [1.54, 1.807) is 11.3 Å². The summed E-state index contributed by atoms with van der Waals surface area (Å²) in [4.78, 5) is 4.36. The van der Waals surface area contributed by atoms with Gasteiger partial charge in [-0.3, -0.25) is 0 Å². The molecule has 1 aromatic heterocycles. The summed E-state index contributed by atoms with van der Waals surface area (Å²) in [5, 5.41) is 3.03. The molecule has 0 bridgehead atoms. The second-order valence-electron chi connectivity index (χ2n) is 3.65. The molecule has 0 aliphatic heterocycles. The first-order chi connectivity index (χ1) is 6.88. The summed E-state index contributed by atoms with van der Waals surface area (Å²) < 4.78 is 5.75. The van der Waals surface area contributed by atoms with Crippen LogP contribution in [0.1, 0.15) is 36.4 Å². The van der Waals surface area contributed by atoms with E-state index in [0.29, 0.717) is 19.3 Å². The van der Waals surface area contributed by atoms with Gasteiger partial charge in [0.2, 0.25) is 0 Å². The van der Waals surface area contributed by atoms with Crippen molar-refractivity contribution in [3.63, 3.8) is 0 Å². The highest BCUT2D eigenvalue weighted by Gasteiger charge is 2.15. The third-order valence-corrected chi connectivity index (χ3v) is 3.46. The molecule has 1 heterocycles. The van der Waals surface area contributed by atoms with Gasteiger partial charge in [0, 0.05) is 11.9 Å². The summed E-state index contributed by atoms with van der Waals surface area (Å²) >= 11 is 1.62. The molecule has 0 unspecified atom stereocenters. The van der Waals surface area contributed by atoms with Crippen molar-refractivity contribution in [3.8, 4) is 0 Å². The molecule has 2 N–H and O–H groups in total. The number of nitrogens with two attached hydrogens (primary N) is 1. The summed E-state index contributed by atoms with van der Waals surface area (Å²) in [5.74, 6) is 0. The van der Waals surface area contributed by atoms with Crippen LogP contribution in [0.25, 0.3) is 0 Å². The molecule has 0 aromatic carbocycles. The number of hydrogen-bond donors (Lipinski definition) is 1. The Bertz CT molecular complexity index is 281. The molecule has 1 fully saturated rings.